The maximum absolute atomic E-state index is 9.06. The van der Waals surface area contributed by atoms with E-state index in [4.69, 9.17) is 10.8 Å². The van der Waals surface area contributed by atoms with Crippen LogP contribution >= 0.6 is 9.90 Å². The van der Waals surface area contributed by atoms with Crippen molar-refractivity contribution in [2.24, 2.45) is 5.73 Å². The molecule has 0 saturated carbocycles. The van der Waals surface area contributed by atoms with Gasteiger partial charge in [-0.1, -0.05) is 183 Å². The zero-order valence-electron chi connectivity index (χ0n) is 36.4. The fraction of sp³-hybridized carbons (Fsp3) is 0.0517. The van der Waals surface area contributed by atoms with Crippen LogP contribution in [0.3, 0.4) is 0 Å². The van der Waals surface area contributed by atoms with E-state index in [9.17, 15) is 0 Å². The van der Waals surface area contributed by atoms with Gasteiger partial charge in [0.1, 0.15) is 0 Å². The molecule has 63 heavy (non-hydrogen) atoms. The van der Waals surface area contributed by atoms with Crippen LogP contribution < -0.4 is 5.73 Å². The molecular weight excluding hydrogens is 784 g/mol. The minimum Gasteiger partial charge on any atom is -0.333 e. The van der Waals surface area contributed by atoms with Gasteiger partial charge in [0.05, 0.1) is 5.71 Å². The van der Waals surface area contributed by atoms with E-state index in [1.807, 2.05) is 103 Å². The number of nitrogens with two attached hydrogens (primary N) is 1. The number of benzene rings is 8. The molecule has 1 aromatic heterocycles. The average molecular weight is 839 g/mol. The van der Waals surface area contributed by atoms with Gasteiger partial charge < -0.3 is 11.1 Å². The summed E-state index contributed by atoms with van der Waals surface area (Å²) in [7, 11) is 1.50. The van der Waals surface area contributed by atoms with Crippen LogP contribution in [0.5, 0.6) is 0 Å². The molecule has 0 aliphatic rings. The molecule has 1 unspecified atom stereocenters. The van der Waals surface area contributed by atoms with Crippen molar-refractivity contribution in [2.45, 2.75) is 13.8 Å². The largest absolute Gasteiger partial charge is 0.333 e. The molecule has 8 aromatic carbocycles. The summed E-state index contributed by atoms with van der Waals surface area (Å²) in [4.78, 5) is 4.01. The van der Waals surface area contributed by atoms with E-state index in [2.05, 4.69) is 140 Å². The van der Waals surface area contributed by atoms with Crippen LogP contribution in [0.15, 0.2) is 214 Å². The van der Waals surface area contributed by atoms with Gasteiger partial charge in [0, 0.05) is 23.7 Å². The molecule has 0 amide bonds. The second kappa shape index (κ2) is 23.0. The van der Waals surface area contributed by atoms with Crippen molar-refractivity contribution in [3.05, 3.63) is 247 Å². The highest BCUT2D eigenvalue weighted by molar-refractivity contribution is 6.92. The average Bonchev–Trinajstić information content (AvgIpc) is 3.34. The van der Waals surface area contributed by atoms with Crippen molar-refractivity contribution in [1.29, 1.82) is 10.8 Å². The quantitative estimate of drug-likeness (QED) is 0.105. The van der Waals surface area contributed by atoms with Gasteiger partial charge in [-0.2, -0.15) is 9.90 Å². The molecule has 1 atom stereocenters. The topological polar surface area (TPSA) is 86.6 Å². The minimum absolute atomic E-state index is 0. The Bertz CT molecular complexity index is 2910. The van der Waals surface area contributed by atoms with Crippen LogP contribution in [-0.2, 0) is 0 Å². The highest BCUT2D eigenvalue weighted by Crippen LogP contribution is 2.37. The molecule has 0 aliphatic heterocycles. The van der Waals surface area contributed by atoms with Gasteiger partial charge in [-0.05, 0) is 134 Å². The van der Waals surface area contributed by atoms with Crippen molar-refractivity contribution < 1.29 is 0 Å². The van der Waals surface area contributed by atoms with Gasteiger partial charge in [0.15, 0.2) is 0 Å². The summed E-state index contributed by atoms with van der Waals surface area (Å²) in [6.07, 6.45) is 7.50. The van der Waals surface area contributed by atoms with Gasteiger partial charge in [-0.25, -0.2) is 0 Å². The molecular formula is C58H55N4P. The molecule has 0 spiro atoms. The first kappa shape index (κ1) is 46.7. The van der Waals surface area contributed by atoms with Crippen molar-refractivity contribution in [1.82, 2.24) is 4.98 Å². The monoisotopic (exact) mass is 838 g/mol. The van der Waals surface area contributed by atoms with Gasteiger partial charge >= 0.3 is 0 Å². The number of aryl methyl sites for hydroxylation is 1. The molecule has 4 nitrogen and oxygen atoms in total. The molecule has 4 N–H and O–H groups in total. The Hall–Kier alpha value is -7.36. The highest BCUT2D eigenvalue weighted by atomic mass is 31.0. The van der Waals surface area contributed by atoms with E-state index in [1.165, 1.54) is 34.2 Å². The lowest BCUT2D eigenvalue weighted by Crippen LogP contribution is -2.02. The fourth-order valence-corrected chi connectivity index (χ4v) is 7.34. The minimum atomic E-state index is 0. The van der Waals surface area contributed by atoms with Gasteiger partial charge in [-0.15, -0.1) is 0 Å². The summed E-state index contributed by atoms with van der Waals surface area (Å²) in [5.74, 6) is 0. The number of hydrogen-bond acceptors (Lipinski definition) is 4. The highest BCUT2D eigenvalue weighted by Gasteiger charge is 2.14. The Kier molecular flexibility index (Phi) is 17.1. The SMILES string of the molecule is C=Cc1cc(-c2cccc(-c3cc(C(=N)c4ccccc4)cc(-c4cccc(C)c4)c3)c2)c2ccccc2c1C=C.CC(=N)c1ccccc1.CN.P.c1ccc2cnccc2c1. The molecule has 1 heterocycles. The normalized spacial score (nSPS) is 10.0. The number of nitrogens with zero attached hydrogens (tertiary/aromatic N) is 1. The van der Waals surface area contributed by atoms with Crippen molar-refractivity contribution >= 4 is 55.0 Å². The molecule has 9 aromatic rings. The molecule has 0 aliphatic carbocycles. The number of aromatic nitrogens is 1. The number of pyridine rings is 1. The number of fused-ring (bicyclic) bond motifs is 2. The van der Waals surface area contributed by atoms with Crippen molar-refractivity contribution in [2.75, 3.05) is 7.05 Å². The molecule has 0 saturated heterocycles. The van der Waals surface area contributed by atoms with Crippen LogP contribution in [0.2, 0.25) is 0 Å². The van der Waals surface area contributed by atoms with Crippen LogP contribution in [0.1, 0.15) is 40.3 Å². The summed E-state index contributed by atoms with van der Waals surface area (Å²) >= 11 is 0. The second-order valence-electron chi connectivity index (χ2n) is 14.6. The fourth-order valence-electron chi connectivity index (χ4n) is 7.34. The molecule has 9 rings (SSSR count). The van der Waals surface area contributed by atoms with Crippen LogP contribution in [0.4, 0.5) is 0 Å². The lowest BCUT2D eigenvalue weighted by molar-refractivity contribution is 1.36. The van der Waals surface area contributed by atoms with E-state index < -0.39 is 0 Å². The zero-order chi connectivity index (χ0) is 43.8. The van der Waals surface area contributed by atoms with Crippen LogP contribution in [-0.4, -0.2) is 23.5 Å². The summed E-state index contributed by atoms with van der Waals surface area (Å²) in [6, 6.07) is 64.3. The molecule has 5 heteroatoms. The second-order valence-corrected chi connectivity index (χ2v) is 14.6. The first-order valence-electron chi connectivity index (χ1n) is 20.6. The Labute approximate surface area is 376 Å². The molecule has 0 fully saturated rings. The Morgan fingerprint density at radius 3 is 1.63 bits per heavy atom. The third kappa shape index (κ3) is 11.7. The summed E-state index contributed by atoms with van der Waals surface area (Å²) in [6.45, 7) is 12.0. The van der Waals surface area contributed by atoms with Crippen LogP contribution in [0.25, 0.3) is 67.1 Å². The summed E-state index contributed by atoms with van der Waals surface area (Å²) < 4.78 is 0. The third-order valence-corrected chi connectivity index (χ3v) is 10.4. The van der Waals surface area contributed by atoms with Crippen LogP contribution in [0, 0.1) is 17.7 Å². The summed E-state index contributed by atoms with van der Waals surface area (Å²) in [5, 5.41) is 21.1. The first-order valence-corrected chi connectivity index (χ1v) is 20.6. The van der Waals surface area contributed by atoms with Gasteiger partial charge in [-0.3, -0.25) is 10.4 Å². The Morgan fingerprint density at radius 2 is 1.05 bits per heavy atom. The van der Waals surface area contributed by atoms with Crippen molar-refractivity contribution in [3.8, 4) is 33.4 Å². The number of rotatable bonds is 8. The van der Waals surface area contributed by atoms with E-state index in [0.29, 0.717) is 11.4 Å². The predicted molar refractivity (Wildman–Crippen MR) is 279 cm³/mol. The summed E-state index contributed by atoms with van der Waals surface area (Å²) in [5.41, 5.74) is 18.5. The smallest absolute Gasteiger partial charge is 0.0684 e. The predicted octanol–water partition coefficient (Wildman–Crippen LogP) is 14.8. The zero-order valence-corrected chi connectivity index (χ0v) is 37.8. The van der Waals surface area contributed by atoms with E-state index in [-0.39, 0.29) is 9.90 Å². The first-order chi connectivity index (χ1) is 30.3. The molecule has 0 bridgehead atoms. The van der Waals surface area contributed by atoms with Gasteiger partial charge in [0.2, 0.25) is 0 Å². The number of hydrogen-bond donors (Lipinski definition) is 3. The Morgan fingerprint density at radius 1 is 0.508 bits per heavy atom. The Balaban J connectivity index is 0.000000277. The maximum atomic E-state index is 9.06. The van der Waals surface area contributed by atoms with Gasteiger partial charge in [0.25, 0.3) is 0 Å². The standard InChI is InChI=1S/C40H31N.C9H7N.C8H9N.CH5N.H3P/c1-4-28-26-39(38-20-10-9-19-37(38)36(28)5-2)32-18-12-17-31(22-32)34-23-33(30-16-11-13-27(3)21-30)24-35(25-34)40(41)29-14-7-6-8-15-29;1-2-4-9-7-10-6-5-8(9)3-1;1-7(9)8-5-3-2-4-6-8;1-2;/h4-26,41H,1-2H2,3H3;1-7H;2-6,9H,1H3;2H2,1H3;1H3. The third-order valence-electron chi connectivity index (χ3n) is 10.4. The molecule has 312 valence electrons. The number of nitrogens with one attached hydrogen (secondary N) is 2. The molecule has 0 radical (unpaired) electrons. The lowest BCUT2D eigenvalue weighted by Gasteiger charge is -2.15. The maximum Gasteiger partial charge on any atom is 0.0684 e. The van der Waals surface area contributed by atoms with E-state index in [1.54, 1.807) is 6.92 Å². The van der Waals surface area contributed by atoms with E-state index in [0.717, 1.165) is 61.2 Å². The van der Waals surface area contributed by atoms with Crippen molar-refractivity contribution in [3.63, 3.8) is 0 Å². The lowest BCUT2D eigenvalue weighted by atomic mass is 9.89. The van der Waals surface area contributed by atoms with E-state index >= 15 is 0 Å².